The van der Waals surface area contributed by atoms with Gasteiger partial charge in [0.15, 0.2) is 0 Å². The van der Waals surface area contributed by atoms with E-state index in [1.54, 1.807) is 34.0 Å². The molecule has 23 heavy (non-hydrogen) atoms. The van der Waals surface area contributed by atoms with Crippen LogP contribution in [0.1, 0.15) is 38.7 Å². The van der Waals surface area contributed by atoms with Crippen LogP contribution in [0.5, 0.6) is 0 Å². The SMILES string of the molecule is C[C@@H](CC(C)(C)S(N)=O)c1cc(F)c(-c2cnn(C)c2)cc1F. The van der Waals surface area contributed by atoms with Crippen LogP contribution in [0, 0.1) is 11.6 Å². The van der Waals surface area contributed by atoms with Gasteiger partial charge in [0.25, 0.3) is 0 Å². The predicted octanol–water partition coefficient (Wildman–Crippen LogP) is 3.26. The standard InChI is InChI=1S/C16H21F2N3OS/c1-10(7-16(2,3)23(19)22)12-5-15(18)13(6-14(12)17)11-8-20-21(4)9-11/h5-6,8-10H,7,19H2,1-4H3/t10-,23?/m0/s1. The van der Waals surface area contributed by atoms with Gasteiger partial charge in [0.2, 0.25) is 0 Å². The minimum absolute atomic E-state index is 0.174. The molecular weight excluding hydrogens is 320 g/mol. The van der Waals surface area contributed by atoms with Crippen molar-refractivity contribution in [3.63, 3.8) is 0 Å². The van der Waals surface area contributed by atoms with Crippen LogP contribution < -0.4 is 5.14 Å². The van der Waals surface area contributed by atoms with Crippen LogP contribution in [-0.4, -0.2) is 18.7 Å². The quantitative estimate of drug-likeness (QED) is 0.907. The van der Waals surface area contributed by atoms with Crippen LogP contribution in [0.3, 0.4) is 0 Å². The Hall–Kier alpha value is -1.60. The maximum absolute atomic E-state index is 14.4. The molecule has 4 nitrogen and oxygen atoms in total. The van der Waals surface area contributed by atoms with Crippen molar-refractivity contribution in [2.45, 2.75) is 37.9 Å². The molecule has 0 fully saturated rings. The van der Waals surface area contributed by atoms with E-state index in [1.807, 2.05) is 0 Å². The molecule has 1 heterocycles. The summed E-state index contributed by atoms with van der Waals surface area (Å²) in [5, 5.41) is 9.43. The number of nitrogens with zero attached hydrogens (tertiary/aromatic N) is 2. The number of rotatable bonds is 5. The van der Waals surface area contributed by atoms with E-state index in [0.717, 1.165) is 0 Å². The summed E-state index contributed by atoms with van der Waals surface area (Å²) in [4.78, 5) is 0. The second kappa shape index (κ2) is 6.49. The largest absolute Gasteiger partial charge is 0.275 e. The summed E-state index contributed by atoms with van der Waals surface area (Å²) in [5.41, 5.74) is 0.952. The number of hydrogen-bond donors (Lipinski definition) is 1. The molecule has 0 aliphatic carbocycles. The summed E-state index contributed by atoms with van der Waals surface area (Å²) in [6, 6.07) is 2.39. The van der Waals surface area contributed by atoms with Crippen LogP contribution in [0.4, 0.5) is 8.78 Å². The molecule has 126 valence electrons. The van der Waals surface area contributed by atoms with Crippen molar-refractivity contribution >= 4 is 11.0 Å². The Morgan fingerprint density at radius 1 is 1.35 bits per heavy atom. The number of aromatic nitrogens is 2. The van der Waals surface area contributed by atoms with Gasteiger partial charge in [-0.3, -0.25) is 9.82 Å². The molecule has 0 saturated carbocycles. The lowest BCUT2D eigenvalue weighted by Gasteiger charge is -2.25. The van der Waals surface area contributed by atoms with E-state index in [4.69, 9.17) is 5.14 Å². The van der Waals surface area contributed by atoms with E-state index >= 15 is 0 Å². The molecule has 1 unspecified atom stereocenters. The van der Waals surface area contributed by atoms with Gasteiger partial charge >= 0.3 is 0 Å². The highest BCUT2D eigenvalue weighted by atomic mass is 32.2. The van der Waals surface area contributed by atoms with E-state index in [2.05, 4.69) is 5.10 Å². The van der Waals surface area contributed by atoms with E-state index in [0.29, 0.717) is 12.0 Å². The Bertz CT molecular complexity index is 743. The number of halogens is 2. The lowest BCUT2D eigenvalue weighted by atomic mass is 9.90. The van der Waals surface area contributed by atoms with Crippen LogP contribution >= 0.6 is 0 Å². The zero-order valence-corrected chi connectivity index (χ0v) is 14.5. The minimum Gasteiger partial charge on any atom is -0.275 e. The van der Waals surface area contributed by atoms with Gasteiger partial charge in [-0.1, -0.05) is 6.92 Å². The molecule has 2 N–H and O–H groups in total. The number of nitrogens with two attached hydrogens (primary N) is 1. The molecular formula is C16H21F2N3OS. The van der Waals surface area contributed by atoms with Gasteiger partial charge in [0.1, 0.15) is 11.6 Å². The molecule has 0 saturated heterocycles. The highest BCUT2D eigenvalue weighted by Gasteiger charge is 2.28. The summed E-state index contributed by atoms with van der Waals surface area (Å²) in [7, 11) is 0.171. The van der Waals surface area contributed by atoms with Crippen molar-refractivity contribution < 1.29 is 13.0 Å². The van der Waals surface area contributed by atoms with Gasteiger partial charge in [-0.25, -0.2) is 13.0 Å². The third-order valence-electron chi connectivity index (χ3n) is 3.98. The Labute approximate surface area is 137 Å². The Balaban J connectivity index is 2.35. The smallest absolute Gasteiger partial charge is 0.131 e. The van der Waals surface area contributed by atoms with Gasteiger partial charge in [-0.05, 0) is 43.9 Å². The van der Waals surface area contributed by atoms with Crippen molar-refractivity contribution in [3.8, 4) is 11.1 Å². The molecule has 2 rings (SSSR count). The number of aryl methyl sites for hydroxylation is 1. The molecule has 2 aromatic rings. The Kier molecular flexibility index (Phi) is 5.01. The van der Waals surface area contributed by atoms with Crippen molar-refractivity contribution in [3.05, 3.63) is 41.7 Å². The molecule has 7 heteroatoms. The molecule has 0 radical (unpaired) electrons. The third kappa shape index (κ3) is 3.84. The fraction of sp³-hybridized carbons (Fsp3) is 0.438. The molecule has 0 aliphatic heterocycles. The predicted molar refractivity (Wildman–Crippen MR) is 88.0 cm³/mol. The third-order valence-corrected chi connectivity index (χ3v) is 5.23. The average molecular weight is 341 g/mol. The summed E-state index contributed by atoms with van der Waals surface area (Å²) >= 11 is 0. The van der Waals surface area contributed by atoms with Crippen LogP contribution in [0.25, 0.3) is 11.1 Å². The fourth-order valence-electron chi connectivity index (χ4n) is 2.65. The first-order chi connectivity index (χ1) is 10.6. The Morgan fingerprint density at radius 2 is 2.00 bits per heavy atom. The highest BCUT2D eigenvalue weighted by Crippen LogP contribution is 2.33. The van der Waals surface area contributed by atoms with Gasteiger partial charge in [0.05, 0.1) is 21.9 Å². The summed E-state index contributed by atoms with van der Waals surface area (Å²) in [5.74, 6) is -1.31. The summed E-state index contributed by atoms with van der Waals surface area (Å²) in [6.07, 6.45) is 3.50. The van der Waals surface area contributed by atoms with Crippen LogP contribution in [0.15, 0.2) is 24.5 Å². The monoisotopic (exact) mass is 341 g/mol. The second-order valence-corrected chi connectivity index (χ2v) is 8.12. The molecule has 2 atom stereocenters. The van der Waals surface area contributed by atoms with Crippen LogP contribution in [-0.2, 0) is 18.0 Å². The maximum Gasteiger partial charge on any atom is 0.131 e. The van der Waals surface area contributed by atoms with E-state index in [9.17, 15) is 13.0 Å². The normalized spacial score (nSPS) is 14.7. The average Bonchev–Trinajstić information content (AvgIpc) is 2.86. The Morgan fingerprint density at radius 3 is 2.52 bits per heavy atom. The lowest BCUT2D eigenvalue weighted by Crippen LogP contribution is -2.33. The summed E-state index contributed by atoms with van der Waals surface area (Å²) in [6.45, 7) is 5.27. The van der Waals surface area contributed by atoms with Gasteiger partial charge in [0, 0.05) is 24.4 Å². The molecule has 0 aliphatic rings. The molecule has 0 spiro atoms. The van der Waals surface area contributed by atoms with Crippen molar-refractivity contribution in [2.75, 3.05) is 0 Å². The molecule has 1 aromatic carbocycles. The van der Waals surface area contributed by atoms with E-state index in [-0.39, 0.29) is 17.0 Å². The topological polar surface area (TPSA) is 60.9 Å². The fourth-order valence-corrected chi connectivity index (χ4v) is 3.07. The first-order valence-corrected chi connectivity index (χ1v) is 8.47. The zero-order chi connectivity index (χ0) is 17.4. The molecule has 0 bridgehead atoms. The number of benzene rings is 1. The maximum atomic E-state index is 14.4. The number of hydrogen-bond acceptors (Lipinski definition) is 2. The lowest BCUT2D eigenvalue weighted by molar-refractivity contribution is 0.511. The first-order valence-electron chi connectivity index (χ1n) is 7.26. The molecule has 0 amide bonds. The van der Waals surface area contributed by atoms with Crippen molar-refractivity contribution in [1.82, 2.24) is 9.78 Å². The van der Waals surface area contributed by atoms with E-state index < -0.39 is 27.4 Å². The zero-order valence-electron chi connectivity index (χ0n) is 13.6. The highest BCUT2D eigenvalue weighted by molar-refractivity contribution is 7.84. The van der Waals surface area contributed by atoms with E-state index in [1.165, 1.54) is 23.0 Å². The van der Waals surface area contributed by atoms with Gasteiger partial charge in [-0.15, -0.1) is 0 Å². The van der Waals surface area contributed by atoms with Gasteiger partial charge in [-0.2, -0.15) is 5.10 Å². The van der Waals surface area contributed by atoms with Crippen molar-refractivity contribution in [1.29, 1.82) is 0 Å². The summed E-state index contributed by atoms with van der Waals surface area (Å²) < 4.78 is 41.2. The van der Waals surface area contributed by atoms with Gasteiger partial charge < -0.3 is 0 Å². The van der Waals surface area contributed by atoms with Crippen LogP contribution in [0.2, 0.25) is 0 Å². The minimum atomic E-state index is -1.54. The first kappa shape index (κ1) is 17.7. The second-order valence-electron chi connectivity index (χ2n) is 6.42. The van der Waals surface area contributed by atoms with Crippen molar-refractivity contribution in [2.24, 2.45) is 12.2 Å². The molecule has 1 aromatic heterocycles.